The van der Waals surface area contributed by atoms with Gasteiger partial charge in [0.2, 0.25) is 0 Å². The fourth-order valence-electron chi connectivity index (χ4n) is 3.48. The van der Waals surface area contributed by atoms with E-state index in [1.807, 2.05) is 60.7 Å². The summed E-state index contributed by atoms with van der Waals surface area (Å²) in [6.07, 6.45) is 3.20. The van der Waals surface area contributed by atoms with Crippen molar-refractivity contribution in [3.63, 3.8) is 0 Å². The van der Waals surface area contributed by atoms with E-state index in [-0.39, 0.29) is 0 Å². The highest BCUT2D eigenvalue weighted by Crippen LogP contribution is 2.37. The molecule has 0 saturated carbocycles. The van der Waals surface area contributed by atoms with Gasteiger partial charge in [0, 0.05) is 0 Å². The number of nitrogens with zero attached hydrogens (tertiary/aromatic N) is 1. The van der Waals surface area contributed by atoms with Gasteiger partial charge in [-0.2, -0.15) is 0 Å². The predicted molar refractivity (Wildman–Crippen MR) is 84.1 cm³/mol. The number of carboxylic acids is 1. The van der Waals surface area contributed by atoms with Gasteiger partial charge < -0.3 is 9.90 Å². The Hall–Kier alpha value is -2.13. The van der Waals surface area contributed by atoms with Crippen LogP contribution in [0.5, 0.6) is 0 Å². The lowest BCUT2D eigenvalue weighted by atomic mass is 9.80. The fraction of sp³-hybridized carbons (Fsp3) is 0.316. The maximum absolute atomic E-state index is 12.4. The van der Waals surface area contributed by atoms with Gasteiger partial charge in [-0.05, 0) is 37.1 Å². The van der Waals surface area contributed by atoms with E-state index in [2.05, 4.69) is 4.90 Å². The Bertz CT molecular complexity index is 579. The second-order valence-corrected chi connectivity index (χ2v) is 5.78. The van der Waals surface area contributed by atoms with Gasteiger partial charge in [-0.25, -0.2) is 0 Å². The molecular weight excluding hydrogens is 274 g/mol. The summed E-state index contributed by atoms with van der Waals surface area (Å²) in [6, 6.07) is 18.9. The van der Waals surface area contributed by atoms with Gasteiger partial charge in [-0.3, -0.25) is 4.90 Å². The van der Waals surface area contributed by atoms with Crippen molar-refractivity contribution in [2.75, 3.05) is 13.1 Å². The number of likely N-dealkylation sites (tertiary alicyclic amines) is 1. The largest absolute Gasteiger partial charge is 0.547 e. The highest BCUT2D eigenvalue weighted by Gasteiger charge is 2.42. The van der Waals surface area contributed by atoms with Crippen LogP contribution in [-0.4, -0.2) is 24.0 Å². The Morgan fingerprint density at radius 1 is 0.818 bits per heavy atom. The number of carbonyl (C=O) groups excluding carboxylic acids is 1. The molecule has 0 spiro atoms. The first kappa shape index (κ1) is 14.8. The number of aliphatic carboxylic acids is 1. The Morgan fingerprint density at radius 2 is 1.27 bits per heavy atom. The molecular formula is C19H20NO2-. The molecule has 114 valence electrons. The third-order valence-corrected chi connectivity index (χ3v) is 4.51. The lowest BCUT2D eigenvalue weighted by Gasteiger charge is -2.47. The first-order valence-electron chi connectivity index (χ1n) is 7.84. The molecule has 2 aromatic rings. The van der Waals surface area contributed by atoms with E-state index in [4.69, 9.17) is 0 Å². The molecule has 0 atom stereocenters. The molecule has 3 nitrogen and oxygen atoms in total. The highest BCUT2D eigenvalue weighted by atomic mass is 16.4. The second-order valence-electron chi connectivity index (χ2n) is 5.78. The minimum atomic E-state index is -1.21. The Labute approximate surface area is 131 Å². The van der Waals surface area contributed by atoms with Crippen molar-refractivity contribution in [3.8, 4) is 0 Å². The predicted octanol–water partition coefficient (Wildman–Crippen LogP) is 2.17. The quantitative estimate of drug-likeness (QED) is 0.868. The van der Waals surface area contributed by atoms with E-state index in [1.54, 1.807) is 0 Å². The highest BCUT2D eigenvalue weighted by molar-refractivity contribution is 5.84. The maximum Gasteiger partial charge on any atom is 0.112 e. The molecule has 0 N–H and O–H groups in total. The number of benzene rings is 2. The van der Waals surface area contributed by atoms with E-state index >= 15 is 0 Å². The minimum Gasteiger partial charge on any atom is -0.547 e. The molecule has 0 radical (unpaired) electrons. The fourth-order valence-corrected chi connectivity index (χ4v) is 3.48. The lowest BCUT2D eigenvalue weighted by molar-refractivity contribution is -0.318. The first-order valence-corrected chi connectivity index (χ1v) is 7.84. The molecule has 1 saturated heterocycles. The molecule has 0 aliphatic carbocycles. The third kappa shape index (κ3) is 2.42. The van der Waals surface area contributed by atoms with Crippen LogP contribution in [0.3, 0.4) is 0 Å². The van der Waals surface area contributed by atoms with Crippen LogP contribution in [0.1, 0.15) is 30.4 Å². The smallest absolute Gasteiger partial charge is 0.112 e. The summed E-state index contributed by atoms with van der Waals surface area (Å²) < 4.78 is 0. The summed E-state index contributed by atoms with van der Waals surface area (Å²) in [7, 11) is 0. The van der Waals surface area contributed by atoms with Crippen LogP contribution in [0, 0.1) is 0 Å². The van der Waals surface area contributed by atoms with Gasteiger partial charge in [0.05, 0.1) is 5.97 Å². The Kier molecular flexibility index (Phi) is 4.25. The van der Waals surface area contributed by atoms with Crippen LogP contribution in [0.4, 0.5) is 0 Å². The van der Waals surface area contributed by atoms with E-state index in [1.165, 1.54) is 0 Å². The molecule has 2 aromatic carbocycles. The molecule has 0 aromatic heterocycles. The van der Waals surface area contributed by atoms with Gasteiger partial charge >= 0.3 is 0 Å². The SMILES string of the molecule is O=C([O-])C(c1ccccc1)(c1ccccc1)N1CCCCC1. The summed E-state index contributed by atoms with van der Waals surface area (Å²) in [5.41, 5.74) is 0.328. The number of carbonyl (C=O) groups is 1. The van der Waals surface area contributed by atoms with Crippen molar-refractivity contribution in [3.05, 3.63) is 71.8 Å². The van der Waals surface area contributed by atoms with Crippen LogP contribution < -0.4 is 5.11 Å². The first-order chi connectivity index (χ1) is 10.8. The van der Waals surface area contributed by atoms with Crippen molar-refractivity contribution in [1.29, 1.82) is 0 Å². The van der Waals surface area contributed by atoms with Gasteiger partial charge in [-0.1, -0.05) is 67.1 Å². The monoisotopic (exact) mass is 294 g/mol. The Balaban J connectivity index is 2.21. The Morgan fingerprint density at radius 3 is 1.68 bits per heavy atom. The van der Waals surface area contributed by atoms with E-state index in [9.17, 15) is 9.90 Å². The number of hydrogen-bond donors (Lipinski definition) is 0. The van der Waals surface area contributed by atoms with E-state index in [0.717, 1.165) is 43.5 Å². The van der Waals surface area contributed by atoms with E-state index in [0.29, 0.717) is 0 Å². The van der Waals surface area contributed by atoms with Gasteiger partial charge in [0.25, 0.3) is 0 Å². The normalized spacial score (nSPS) is 16.4. The lowest BCUT2D eigenvalue weighted by Crippen LogP contribution is -2.59. The maximum atomic E-state index is 12.4. The summed E-state index contributed by atoms with van der Waals surface area (Å²) in [5, 5.41) is 12.4. The summed E-state index contributed by atoms with van der Waals surface area (Å²) in [4.78, 5) is 14.4. The van der Waals surface area contributed by atoms with Crippen LogP contribution in [0.15, 0.2) is 60.7 Å². The molecule has 1 fully saturated rings. The molecule has 1 aliphatic rings. The van der Waals surface area contributed by atoms with Crippen molar-refractivity contribution in [2.45, 2.75) is 24.8 Å². The van der Waals surface area contributed by atoms with Crippen LogP contribution in [-0.2, 0) is 10.3 Å². The molecule has 1 heterocycles. The van der Waals surface area contributed by atoms with Gasteiger partial charge in [0.1, 0.15) is 5.54 Å². The molecule has 3 heteroatoms. The number of hydrogen-bond acceptors (Lipinski definition) is 3. The summed E-state index contributed by atoms with van der Waals surface area (Å²) >= 11 is 0. The molecule has 0 bridgehead atoms. The van der Waals surface area contributed by atoms with Crippen molar-refractivity contribution >= 4 is 5.97 Å². The number of rotatable bonds is 4. The van der Waals surface area contributed by atoms with Crippen LogP contribution in [0.2, 0.25) is 0 Å². The summed E-state index contributed by atoms with van der Waals surface area (Å²) in [5.74, 6) is -1.05. The zero-order chi connectivity index (χ0) is 15.4. The van der Waals surface area contributed by atoms with Crippen molar-refractivity contribution in [2.24, 2.45) is 0 Å². The third-order valence-electron chi connectivity index (χ3n) is 4.51. The number of piperidine rings is 1. The molecule has 0 unspecified atom stereocenters. The molecule has 1 aliphatic heterocycles. The average Bonchev–Trinajstić information content (AvgIpc) is 2.58. The van der Waals surface area contributed by atoms with Crippen molar-refractivity contribution < 1.29 is 9.90 Å². The zero-order valence-corrected chi connectivity index (χ0v) is 12.6. The summed E-state index contributed by atoms with van der Waals surface area (Å²) in [6.45, 7) is 1.55. The van der Waals surface area contributed by atoms with Gasteiger partial charge in [0.15, 0.2) is 0 Å². The molecule has 22 heavy (non-hydrogen) atoms. The van der Waals surface area contributed by atoms with E-state index < -0.39 is 11.5 Å². The zero-order valence-electron chi connectivity index (χ0n) is 12.6. The molecule has 3 rings (SSSR count). The van der Waals surface area contributed by atoms with Gasteiger partial charge in [-0.15, -0.1) is 0 Å². The van der Waals surface area contributed by atoms with Crippen LogP contribution >= 0.6 is 0 Å². The molecule has 0 amide bonds. The minimum absolute atomic E-state index is 0.767. The van der Waals surface area contributed by atoms with Crippen LogP contribution in [0.25, 0.3) is 0 Å². The van der Waals surface area contributed by atoms with Crippen molar-refractivity contribution in [1.82, 2.24) is 4.90 Å². The second kappa shape index (κ2) is 6.32. The average molecular weight is 294 g/mol. The standard InChI is InChI=1S/C19H21NO2/c21-18(22)19(16-10-4-1-5-11-16,17-12-6-2-7-13-17)20-14-8-3-9-15-20/h1-2,4-7,10-13H,3,8-9,14-15H2,(H,21,22)/p-1. The topological polar surface area (TPSA) is 43.4 Å². The number of carboxylic acid groups (broad SMARTS) is 1.